The number of nitrogens with one attached hydrogen (secondary N) is 2. The van der Waals surface area contributed by atoms with E-state index in [-0.39, 0.29) is 51.6 Å². The van der Waals surface area contributed by atoms with Crippen molar-refractivity contribution in [2.75, 3.05) is 18.9 Å². The molecule has 17 heteroatoms. The van der Waals surface area contributed by atoms with Gasteiger partial charge in [0.25, 0.3) is 0 Å². The number of azide groups is 1. The van der Waals surface area contributed by atoms with Gasteiger partial charge < -0.3 is 36.1 Å². The van der Waals surface area contributed by atoms with Crippen molar-refractivity contribution in [1.82, 2.24) is 10.6 Å². The highest BCUT2D eigenvalue weighted by Gasteiger charge is 2.26. The number of nitrogens with zero attached hydrogens (tertiary/aromatic N) is 3. The van der Waals surface area contributed by atoms with Crippen LogP contribution in [0.3, 0.4) is 0 Å². The molecule has 0 fully saturated rings. The third kappa shape index (κ3) is 14.9. The molecule has 6 N–H and O–H groups in total. The van der Waals surface area contributed by atoms with Crippen LogP contribution in [0, 0.1) is 0 Å². The third-order valence-corrected chi connectivity index (χ3v) is 5.24. The van der Waals surface area contributed by atoms with Crippen LogP contribution in [-0.2, 0) is 19.1 Å². The van der Waals surface area contributed by atoms with Gasteiger partial charge in [-0.3, -0.25) is 9.59 Å². The Hall–Kier alpha value is -6.09. The second-order valence-corrected chi connectivity index (χ2v) is 8.39. The minimum Gasteiger partial charge on any atom is -0.480 e. The largest absolute Gasteiger partial charge is 0.480 e. The van der Waals surface area contributed by atoms with E-state index in [0.29, 0.717) is 0 Å². The Morgan fingerprint density at radius 2 is 1.24 bits per heavy atom. The van der Waals surface area contributed by atoms with Crippen LogP contribution < -0.4 is 16.4 Å². The molecular weight excluding hydrogens is 603 g/mol. The number of alkyl carbamates (subject to hydrolysis) is 2. The first-order valence-corrected chi connectivity index (χ1v) is 12.5. The van der Waals surface area contributed by atoms with Gasteiger partial charge in [-0.25, -0.2) is 19.2 Å². The number of aliphatic carboxylic acids is 2. The zero-order valence-corrected chi connectivity index (χ0v) is 23.8. The van der Waals surface area contributed by atoms with Crippen molar-refractivity contribution >= 4 is 55.5 Å². The number of para-hydroxylation sites is 1. The summed E-state index contributed by atoms with van der Waals surface area (Å²) < 4.78 is 9.23. The summed E-state index contributed by atoms with van der Waals surface area (Å²) in [6.07, 6.45) is -0.199. The summed E-state index contributed by atoms with van der Waals surface area (Å²) in [5, 5.41) is 25.7. The number of rotatable bonds is 15. The maximum Gasteiger partial charge on any atom is 0.408 e. The highest BCUT2D eigenvalue weighted by Crippen LogP contribution is 2.21. The average molecular weight is 637 g/mol. The van der Waals surface area contributed by atoms with Crippen LogP contribution in [0.4, 0.5) is 21.0 Å². The Balaban J connectivity index is 0. The molecule has 2 atom stereocenters. The minimum atomic E-state index is -1.47. The van der Waals surface area contributed by atoms with Crippen molar-refractivity contribution < 1.29 is 48.5 Å². The predicted octanol–water partition coefficient (Wildman–Crippen LogP) is 4.03. The lowest BCUT2D eigenvalue weighted by molar-refractivity contribution is -0.140. The van der Waals surface area contributed by atoms with E-state index < -0.39 is 60.6 Å². The number of carbonyl (C=O) groups excluding carboxylic acids is 4. The van der Waals surface area contributed by atoms with Crippen molar-refractivity contribution in [2.45, 2.75) is 32.4 Å². The van der Waals surface area contributed by atoms with Crippen LogP contribution >= 0.6 is 0 Å². The lowest BCUT2D eigenvalue weighted by Gasteiger charge is -2.14. The molecule has 2 aromatic carbocycles. The van der Waals surface area contributed by atoms with E-state index >= 15 is 0 Å². The number of amides is 2. The zero-order valence-electron chi connectivity index (χ0n) is 23.8. The molecule has 243 valence electrons. The molecule has 2 amide bonds. The van der Waals surface area contributed by atoms with E-state index in [1.54, 1.807) is 24.3 Å². The lowest BCUT2D eigenvalue weighted by Crippen LogP contribution is -2.42. The highest BCUT2D eigenvalue weighted by molar-refractivity contribution is 6.03. The number of nitrogen functional groups attached to an aromatic ring is 1. The number of hydrogen-bond acceptors (Lipinski definition) is 10. The molecule has 2 rings (SSSR count). The molecule has 0 aliphatic carbocycles. The molecule has 0 saturated carbocycles. The van der Waals surface area contributed by atoms with Gasteiger partial charge in [0.05, 0.1) is 0 Å². The van der Waals surface area contributed by atoms with E-state index in [2.05, 4.69) is 43.3 Å². The van der Waals surface area contributed by atoms with E-state index in [9.17, 15) is 28.8 Å². The molecular formula is C29H34BN6O10. The fourth-order valence-electron chi connectivity index (χ4n) is 3.22. The second kappa shape index (κ2) is 22.5. The van der Waals surface area contributed by atoms with Gasteiger partial charge in [0.15, 0.2) is 11.6 Å². The Morgan fingerprint density at radius 1 is 0.826 bits per heavy atom. The monoisotopic (exact) mass is 637 g/mol. The zero-order chi connectivity index (χ0) is 33.1. The molecule has 0 saturated heterocycles. The van der Waals surface area contributed by atoms with Crippen LogP contribution in [0.1, 0.15) is 41.0 Å². The first kappa shape index (κ1) is 42.0. The molecule has 3 radical (unpaired) electrons. The Labute approximate surface area is 266 Å². The normalized spacial score (nSPS) is 10.5. The molecule has 2 aromatic rings. The maximum absolute atomic E-state index is 12.2. The van der Waals surface area contributed by atoms with Gasteiger partial charge >= 0.3 is 24.1 Å². The van der Waals surface area contributed by atoms with Crippen molar-refractivity contribution in [3.8, 4) is 0 Å². The van der Waals surface area contributed by atoms with Crippen molar-refractivity contribution in [2.24, 2.45) is 5.11 Å². The van der Waals surface area contributed by atoms with Crippen molar-refractivity contribution in [3.63, 3.8) is 0 Å². The standard InChI is InChI=1S/C14H14N4O5.C14H16N2O5.CH4.B/c1-2-7-23-14(22)16-11(13(20)21)8-12(19)9-5-3-4-6-10(9)17-18-15;1-2-7-21-14(20)16-11(13(18)19)8-12(17)9-5-3-4-6-10(9)15;;/h2-6,11H,1,7-8H2,(H,16,22)(H,20,21);2-6,11H,1,7-8,15H2,(H,16,20)(H,18,19);1H4;. The molecule has 0 aliphatic heterocycles. The molecule has 0 bridgehead atoms. The number of ether oxygens (including phenoxy) is 2. The van der Waals surface area contributed by atoms with Crippen LogP contribution in [0.2, 0.25) is 0 Å². The van der Waals surface area contributed by atoms with Gasteiger partial charge in [0, 0.05) is 48.7 Å². The summed E-state index contributed by atoms with van der Waals surface area (Å²) in [5.74, 6) is -3.81. The topological polar surface area (TPSA) is 260 Å². The summed E-state index contributed by atoms with van der Waals surface area (Å²) in [5.41, 5.74) is 14.7. The minimum absolute atomic E-state index is 0. The number of Topliss-reactive ketones (excluding diaryl/α,β-unsaturated/α-hetero) is 2. The molecule has 16 nitrogen and oxygen atoms in total. The highest BCUT2D eigenvalue weighted by atomic mass is 16.6. The Bertz CT molecular complexity index is 1450. The van der Waals surface area contributed by atoms with Gasteiger partial charge in [-0.15, -0.1) is 0 Å². The summed E-state index contributed by atoms with van der Waals surface area (Å²) in [4.78, 5) is 71.8. The number of hydrogen-bond donors (Lipinski definition) is 5. The fraction of sp³-hybridized carbons (Fsp3) is 0.241. The molecule has 0 spiro atoms. The quantitative estimate of drug-likeness (QED) is 0.0354. The second-order valence-electron chi connectivity index (χ2n) is 8.39. The Morgan fingerprint density at radius 3 is 1.65 bits per heavy atom. The molecule has 46 heavy (non-hydrogen) atoms. The van der Waals surface area contributed by atoms with Crippen LogP contribution in [0.15, 0.2) is 79.0 Å². The summed E-state index contributed by atoms with van der Waals surface area (Å²) in [6, 6.07) is 9.38. The number of carboxylic acid groups (broad SMARTS) is 2. The lowest BCUT2D eigenvalue weighted by atomic mass is 10.0. The molecule has 0 heterocycles. The average Bonchev–Trinajstić information content (AvgIpc) is 2.99. The number of anilines is 1. The van der Waals surface area contributed by atoms with Gasteiger partial charge in [-0.2, -0.15) is 0 Å². The number of benzene rings is 2. The van der Waals surface area contributed by atoms with Gasteiger partial charge in [0.1, 0.15) is 25.3 Å². The van der Waals surface area contributed by atoms with Crippen LogP contribution in [-0.4, -0.2) is 79.6 Å². The van der Waals surface area contributed by atoms with Gasteiger partial charge in [-0.05, 0) is 17.7 Å². The van der Waals surface area contributed by atoms with E-state index in [0.717, 1.165) is 0 Å². The van der Waals surface area contributed by atoms with Gasteiger partial charge in [-0.1, -0.05) is 74.2 Å². The van der Waals surface area contributed by atoms with E-state index in [4.69, 9.17) is 21.5 Å². The number of carboxylic acids is 2. The fourth-order valence-corrected chi connectivity index (χ4v) is 3.22. The summed E-state index contributed by atoms with van der Waals surface area (Å²) >= 11 is 0. The third-order valence-electron chi connectivity index (χ3n) is 5.24. The predicted molar refractivity (Wildman–Crippen MR) is 169 cm³/mol. The van der Waals surface area contributed by atoms with E-state index in [1.165, 1.54) is 36.4 Å². The molecule has 0 aliphatic rings. The van der Waals surface area contributed by atoms with Gasteiger partial charge in [0.2, 0.25) is 0 Å². The number of nitrogens with two attached hydrogens (primary N) is 1. The first-order valence-electron chi connectivity index (χ1n) is 12.5. The van der Waals surface area contributed by atoms with Crippen molar-refractivity contribution in [1.29, 1.82) is 0 Å². The summed E-state index contributed by atoms with van der Waals surface area (Å²) in [6.45, 7) is 6.55. The maximum atomic E-state index is 12.2. The number of ketones is 2. The Kier molecular flexibility index (Phi) is 20.5. The van der Waals surface area contributed by atoms with E-state index in [1.807, 2.05) is 0 Å². The first-order chi connectivity index (χ1) is 20.9. The summed E-state index contributed by atoms with van der Waals surface area (Å²) in [7, 11) is 0. The number of carbonyl (C=O) groups is 6. The van der Waals surface area contributed by atoms with Crippen LogP contribution in [0.5, 0.6) is 0 Å². The SMILES string of the molecule is C.C=CCOC(=O)NC(CC(=O)c1ccccc1N)C(=O)O.C=CCOC(=O)NC(CC(=O)c1ccccc1N=[N+]=[N-])C(=O)O.[B]. The van der Waals surface area contributed by atoms with Crippen molar-refractivity contribution in [3.05, 3.63) is 95.4 Å². The molecule has 2 unspecified atom stereocenters. The molecule has 0 aromatic heterocycles. The van der Waals surface area contributed by atoms with Crippen LogP contribution in [0.25, 0.3) is 10.4 Å². The smallest absolute Gasteiger partial charge is 0.408 e.